The highest BCUT2D eigenvalue weighted by atomic mass is 28.4. The second-order valence-electron chi connectivity index (χ2n) is 19.9. The Kier molecular flexibility index (Phi) is 21.3. The summed E-state index contributed by atoms with van der Waals surface area (Å²) < 4.78 is 25.6. The summed E-state index contributed by atoms with van der Waals surface area (Å²) in [6.45, 7) is 37.3. The van der Waals surface area contributed by atoms with Gasteiger partial charge in [0.1, 0.15) is 30.1 Å². The first-order valence-corrected chi connectivity index (χ1v) is 27.0. The van der Waals surface area contributed by atoms with Crippen LogP contribution in [0.1, 0.15) is 124 Å². The van der Waals surface area contributed by atoms with Crippen molar-refractivity contribution in [1.82, 2.24) is 0 Å². The number of aliphatic hydroxyl groups is 2. The summed E-state index contributed by atoms with van der Waals surface area (Å²) in [5.74, 6) is -6.45. The Morgan fingerprint density at radius 2 is 1.41 bits per heavy atom. The first-order chi connectivity index (χ1) is 26.9. The second kappa shape index (κ2) is 22.9. The van der Waals surface area contributed by atoms with Crippen molar-refractivity contribution in [3.63, 3.8) is 0 Å². The van der Waals surface area contributed by atoms with E-state index in [1.54, 1.807) is 27.7 Å². The van der Waals surface area contributed by atoms with Gasteiger partial charge in [0.2, 0.25) is 8.32 Å². The minimum absolute atomic E-state index is 0.0511. The molecule has 1 rings (SSSR count). The third-order valence-electron chi connectivity index (χ3n) is 13.5. The molecule has 0 amide bonds. The van der Waals surface area contributed by atoms with Crippen LogP contribution in [-0.2, 0) is 37.5 Å². The Labute approximate surface area is 360 Å². The number of esters is 1. The summed E-state index contributed by atoms with van der Waals surface area (Å²) in [7, 11) is -3.85. The van der Waals surface area contributed by atoms with E-state index in [-0.39, 0.29) is 45.6 Å². The number of ether oxygens (including phenoxy) is 2. The molecule has 10 nitrogen and oxygen atoms in total. The Morgan fingerprint density at radius 3 is 1.86 bits per heavy atom. The van der Waals surface area contributed by atoms with Crippen LogP contribution in [0.4, 0.5) is 0 Å². The van der Waals surface area contributed by atoms with E-state index >= 15 is 0 Å². The van der Waals surface area contributed by atoms with Crippen LogP contribution < -0.4 is 0 Å². The number of carbonyl (C=O) groups excluding carboxylic acids is 4. The van der Waals surface area contributed by atoms with Gasteiger partial charge in [-0.1, -0.05) is 121 Å². The minimum atomic E-state index is -2.60. The average molecular weight is 865 g/mol. The zero-order valence-electron chi connectivity index (χ0n) is 40.5. The topological polar surface area (TPSA) is 146 Å². The quantitative estimate of drug-likeness (QED) is 0.111. The van der Waals surface area contributed by atoms with Gasteiger partial charge in [-0.25, -0.2) is 4.79 Å². The van der Waals surface area contributed by atoms with Gasteiger partial charge in [0, 0.05) is 37.2 Å². The zero-order valence-corrected chi connectivity index (χ0v) is 42.5. The molecule has 0 aromatic rings. The Hall–Kier alpha value is -2.07. The molecule has 0 radical (unpaired) electrons. The van der Waals surface area contributed by atoms with E-state index in [2.05, 4.69) is 75.4 Å². The molecule has 2 N–H and O–H groups in total. The molecule has 0 fully saturated rings. The minimum Gasteiger partial charge on any atom is -0.463 e. The van der Waals surface area contributed by atoms with E-state index in [0.717, 1.165) is 5.57 Å². The number of rotatable bonds is 12. The fourth-order valence-electron chi connectivity index (χ4n) is 8.82. The molecule has 59 heavy (non-hydrogen) atoms. The first kappa shape index (κ1) is 55.0. The first-order valence-electron chi connectivity index (χ1n) is 22.0. The van der Waals surface area contributed by atoms with Crippen LogP contribution in [0.25, 0.3) is 0 Å². The van der Waals surface area contributed by atoms with Crippen LogP contribution >= 0.6 is 0 Å². The van der Waals surface area contributed by atoms with Gasteiger partial charge in [-0.3, -0.25) is 14.4 Å². The van der Waals surface area contributed by atoms with Gasteiger partial charge in [-0.15, -0.1) is 0 Å². The van der Waals surface area contributed by atoms with Crippen LogP contribution in [0.2, 0.25) is 34.8 Å². The number of allylic oxidation sites excluding steroid dienone is 4. The van der Waals surface area contributed by atoms with Gasteiger partial charge >= 0.3 is 5.97 Å². The van der Waals surface area contributed by atoms with E-state index in [1.807, 2.05) is 52.0 Å². The van der Waals surface area contributed by atoms with Crippen molar-refractivity contribution >= 4 is 40.0 Å². The molecule has 340 valence electrons. The van der Waals surface area contributed by atoms with Crippen LogP contribution in [0.15, 0.2) is 35.5 Å². The lowest BCUT2D eigenvalue weighted by atomic mass is 9.81. The van der Waals surface area contributed by atoms with Gasteiger partial charge in [0.25, 0.3) is 0 Å². The van der Waals surface area contributed by atoms with Crippen molar-refractivity contribution < 1.29 is 47.7 Å². The van der Waals surface area contributed by atoms with E-state index < -0.39 is 95.1 Å². The largest absolute Gasteiger partial charge is 0.463 e. The van der Waals surface area contributed by atoms with Gasteiger partial charge in [-0.2, -0.15) is 0 Å². The molecule has 0 aromatic carbocycles. The molecule has 0 unspecified atom stereocenters. The standard InChI is InChI=1S/C47H84O10Si2/c1-21-22-30(8)23-32(10)40(49)37-26-55-46(53)43(52)45(54-18)36(14)41(50)35(13)44(57-59(27(2)3,28(4)5)29(6)7)33(11)24-31(9)38(48)25-39(34(12)42(37)51)56-58(19,20)47(15,16)17/h21-24,27-31,34-37,39-40,43-45,49,52H,25-26H2,1-20H3/b22-21-,32-23+,33-24+/t30-,31-,34+,35-,36+,37+,39-,40+,43+,44-,45-/m0/s1. The normalized spacial score (nSPS) is 30.7. The number of Topliss-reactive ketones (excluding diaryl/α,β-unsaturated/α-hetero) is 3. The number of aliphatic hydroxyl groups excluding tert-OH is 2. The van der Waals surface area contributed by atoms with Crippen LogP contribution in [0.3, 0.4) is 0 Å². The lowest BCUT2D eigenvalue weighted by Gasteiger charge is -2.46. The molecule has 0 saturated carbocycles. The molecular formula is C47H84O10Si2. The van der Waals surface area contributed by atoms with Crippen LogP contribution in [0.5, 0.6) is 0 Å². The van der Waals surface area contributed by atoms with Crippen LogP contribution in [-0.4, -0.2) is 94.4 Å². The molecule has 1 aliphatic heterocycles. The Balaban J connectivity index is 4.19. The highest BCUT2D eigenvalue weighted by molar-refractivity contribution is 6.77. The van der Waals surface area contributed by atoms with Crippen molar-refractivity contribution in [2.24, 2.45) is 35.5 Å². The highest BCUT2D eigenvalue weighted by Gasteiger charge is 2.50. The Morgan fingerprint density at radius 1 is 0.881 bits per heavy atom. The van der Waals surface area contributed by atoms with Crippen molar-refractivity contribution in [2.75, 3.05) is 13.7 Å². The summed E-state index contributed by atoms with van der Waals surface area (Å²) in [6, 6.07) is 0. The van der Waals surface area contributed by atoms with E-state index in [4.69, 9.17) is 18.3 Å². The molecule has 11 atom stereocenters. The monoisotopic (exact) mass is 865 g/mol. The maximum Gasteiger partial charge on any atom is 0.337 e. The van der Waals surface area contributed by atoms with Gasteiger partial charge in [0.05, 0.1) is 24.2 Å². The number of cyclic esters (lactones) is 1. The third-order valence-corrected chi connectivity index (χ3v) is 24.1. The summed E-state index contributed by atoms with van der Waals surface area (Å²) in [6.07, 6.45) is 1.44. The number of ketones is 3. The van der Waals surface area contributed by atoms with Gasteiger partial charge in [-0.05, 0) is 72.6 Å². The second-order valence-corrected chi connectivity index (χ2v) is 30.1. The van der Waals surface area contributed by atoms with Crippen molar-refractivity contribution in [3.05, 3.63) is 35.5 Å². The maximum atomic E-state index is 14.7. The number of hydrogen-bond acceptors (Lipinski definition) is 10. The van der Waals surface area contributed by atoms with Crippen LogP contribution in [0, 0.1) is 35.5 Å². The van der Waals surface area contributed by atoms with Gasteiger partial charge in [0.15, 0.2) is 14.4 Å². The van der Waals surface area contributed by atoms with E-state index in [9.17, 15) is 29.4 Å². The van der Waals surface area contributed by atoms with Crippen molar-refractivity contribution in [3.8, 4) is 0 Å². The Bertz CT molecular complexity index is 1480. The maximum absolute atomic E-state index is 14.7. The third kappa shape index (κ3) is 13.7. The number of methoxy groups -OCH3 is 1. The SMILES string of the molecule is C/C=C\[C@H](C)/C=C(\C)[C@@H](O)[C@H]1COC(=O)[C@H](O)[C@@H](OC)[C@H](C)C(=O)[C@H](C)[C@@H](O[Si](C(C)C)(C(C)C)C(C)C)/C(C)=C/[C@H](C)C(=O)C[C@H](O[Si](C)(C)C(C)(C)C)[C@@H](C)C1=O. The lowest BCUT2D eigenvalue weighted by Crippen LogP contribution is -2.53. The molecule has 1 aliphatic rings. The zero-order chi connectivity index (χ0) is 46.1. The molecule has 1 heterocycles. The highest BCUT2D eigenvalue weighted by Crippen LogP contribution is 2.45. The molecule has 0 aliphatic carbocycles. The van der Waals surface area contributed by atoms with Crippen molar-refractivity contribution in [1.29, 1.82) is 0 Å². The summed E-state index contributed by atoms with van der Waals surface area (Å²) in [4.78, 5) is 57.4. The molecule has 0 saturated heterocycles. The fourth-order valence-corrected chi connectivity index (χ4v) is 15.9. The molecule has 0 bridgehead atoms. The molecule has 12 heteroatoms. The van der Waals surface area contributed by atoms with E-state index in [0.29, 0.717) is 5.57 Å². The predicted octanol–water partition coefficient (Wildman–Crippen LogP) is 9.59. The van der Waals surface area contributed by atoms with E-state index in [1.165, 1.54) is 7.11 Å². The number of hydrogen-bond donors (Lipinski definition) is 2. The average Bonchev–Trinajstić information content (AvgIpc) is 3.12. The summed E-state index contributed by atoms with van der Waals surface area (Å²) in [5.41, 5.74) is 1.85. The van der Waals surface area contributed by atoms with Gasteiger partial charge < -0.3 is 28.5 Å². The molecule has 0 spiro atoms. The summed E-state index contributed by atoms with van der Waals surface area (Å²) >= 11 is 0. The lowest BCUT2D eigenvalue weighted by molar-refractivity contribution is -0.168. The smallest absolute Gasteiger partial charge is 0.337 e. The molecule has 0 aromatic heterocycles. The molecular weight excluding hydrogens is 781 g/mol. The predicted molar refractivity (Wildman–Crippen MR) is 243 cm³/mol. The fraction of sp³-hybridized carbons (Fsp3) is 0.787. The number of carbonyl (C=O) groups is 4. The van der Waals surface area contributed by atoms with Crippen molar-refractivity contribution in [2.45, 2.75) is 189 Å². The summed E-state index contributed by atoms with van der Waals surface area (Å²) in [5, 5.41) is 23.0.